The van der Waals surface area contributed by atoms with Crippen LogP contribution in [0.1, 0.15) is 5.56 Å². The number of hydrazine groups is 1. The molecule has 1 rings (SSSR count). The van der Waals surface area contributed by atoms with Gasteiger partial charge in [-0.1, -0.05) is 0 Å². The number of alkyl halides is 3. The van der Waals surface area contributed by atoms with Crippen molar-refractivity contribution < 1.29 is 21.6 Å². The van der Waals surface area contributed by atoms with E-state index in [2.05, 4.69) is 0 Å². The highest BCUT2D eigenvalue weighted by Gasteiger charge is 2.30. The van der Waals surface area contributed by atoms with Crippen LogP contribution in [-0.4, -0.2) is 14.7 Å². The number of hydrogen-bond donors (Lipinski definition) is 1. The summed E-state index contributed by atoms with van der Waals surface area (Å²) in [6.45, 7) is 0. The first kappa shape index (κ1) is 12.8. The third-order valence-electron chi connectivity index (χ3n) is 1.81. The van der Waals surface area contributed by atoms with Crippen LogP contribution in [0, 0.1) is 0 Å². The average molecular weight is 254 g/mol. The van der Waals surface area contributed by atoms with Crippen molar-refractivity contribution in [3.05, 3.63) is 29.8 Å². The number of anilines is 1. The fraction of sp³-hybridized carbons (Fsp3) is 0.250. The second-order valence-electron chi connectivity index (χ2n) is 3.10. The number of halogens is 3. The normalized spacial score (nSPS) is 12.6. The molecule has 8 heteroatoms. The summed E-state index contributed by atoms with van der Waals surface area (Å²) in [6.07, 6.45) is -3.60. The Morgan fingerprint density at radius 2 is 1.62 bits per heavy atom. The van der Waals surface area contributed by atoms with Gasteiger partial charge in [0.2, 0.25) is 10.0 Å². The third-order valence-corrected chi connectivity index (χ3v) is 2.73. The van der Waals surface area contributed by atoms with Gasteiger partial charge in [-0.05, 0) is 24.3 Å². The van der Waals surface area contributed by atoms with Crippen LogP contribution in [-0.2, 0) is 16.2 Å². The van der Waals surface area contributed by atoms with Gasteiger partial charge in [-0.25, -0.2) is 18.7 Å². The molecule has 2 N–H and O–H groups in total. The zero-order valence-corrected chi connectivity index (χ0v) is 9.01. The van der Waals surface area contributed by atoms with Crippen molar-refractivity contribution in [3.63, 3.8) is 0 Å². The van der Waals surface area contributed by atoms with Crippen molar-refractivity contribution in [3.8, 4) is 0 Å². The quantitative estimate of drug-likeness (QED) is 0.640. The summed E-state index contributed by atoms with van der Waals surface area (Å²) < 4.78 is 59.0. The van der Waals surface area contributed by atoms with Gasteiger partial charge in [0, 0.05) is 0 Å². The maximum absolute atomic E-state index is 12.2. The van der Waals surface area contributed by atoms with E-state index in [0.29, 0.717) is 4.41 Å². The molecule has 0 unspecified atom stereocenters. The molecule has 0 radical (unpaired) electrons. The first-order chi connectivity index (χ1) is 7.12. The molecule has 0 amide bonds. The maximum Gasteiger partial charge on any atom is 0.416 e. The molecule has 0 atom stereocenters. The lowest BCUT2D eigenvalue weighted by molar-refractivity contribution is -0.137. The number of hydrogen-bond acceptors (Lipinski definition) is 3. The summed E-state index contributed by atoms with van der Waals surface area (Å²) in [7, 11) is -3.67. The Bertz CT molecular complexity index is 467. The molecule has 90 valence electrons. The Hall–Kier alpha value is -1.28. The lowest BCUT2D eigenvalue weighted by Gasteiger charge is -2.16. The highest BCUT2D eigenvalue weighted by atomic mass is 32.2. The zero-order valence-electron chi connectivity index (χ0n) is 8.19. The van der Waals surface area contributed by atoms with Crippen LogP contribution >= 0.6 is 0 Å². The fourth-order valence-corrected chi connectivity index (χ4v) is 1.49. The van der Waals surface area contributed by atoms with E-state index in [4.69, 9.17) is 5.84 Å². The van der Waals surface area contributed by atoms with Gasteiger partial charge in [-0.15, -0.1) is 0 Å². The second kappa shape index (κ2) is 3.95. The maximum atomic E-state index is 12.2. The topological polar surface area (TPSA) is 63.4 Å². The van der Waals surface area contributed by atoms with E-state index in [9.17, 15) is 21.6 Å². The van der Waals surface area contributed by atoms with Crippen molar-refractivity contribution in [2.75, 3.05) is 10.7 Å². The van der Waals surface area contributed by atoms with E-state index in [1.807, 2.05) is 0 Å². The molecule has 4 nitrogen and oxygen atoms in total. The first-order valence-corrected chi connectivity index (χ1v) is 5.89. The van der Waals surface area contributed by atoms with Crippen LogP contribution in [0.4, 0.5) is 18.9 Å². The number of sulfonamides is 1. The predicted octanol–water partition coefficient (Wildman–Crippen LogP) is 1.35. The monoisotopic (exact) mass is 254 g/mol. The molecule has 1 aromatic carbocycles. The minimum Gasteiger partial charge on any atom is -0.233 e. The smallest absolute Gasteiger partial charge is 0.233 e. The first-order valence-electron chi connectivity index (χ1n) is 4.04. The molecule has 0 saturated heterocycles. The van der Waals surface area contributed by atoms with Gasteiger partial charge in [0.05, 0.1) is 17.5 Å². The van der Waals surface area contributed by atoms with Gasteiger partial charge in [0.15, 0.2) is 0 Å². The number of benzene rings is 1. The van der Waals surface area contributed by atoms with Gasteiger partial charge >= 0.3 is 6.18 Å². The second-order valence-corrected chi connectivity index (χ2v) is 4.96. The Morgan fingerprint density at radius 3 is 1.94 bits per heavy atom. The molecule has 0 aromatic heterocycles. The molecule has 0 spiro atoms. The van der Waals surface area contributed by atoms with Crippen LogP contribution in [0.5, 0.6) is 0 Å². The van der Waals surface area contributed by atoms with Gasteiger partial charge in [-0.2, -0.15) is 13.2 Å². The Morgan fingerprint density at radius 1 is 1.19 bits per heavy atom. The molecule has 1 aromatic rings. The molecular formula is C8H9F3N2O2S. The summed E-state index contributed by atoms with van der Waals surface area (Å²) in [6, 6.07) is 3.51. The van der Waals surface area contributed by atoms with E-state index < -0.39 is 21.8 Å². The van der Waals surface area contributed by atoms with E-state index in [1.54, 1.807) is 0 Å². The fourth-order valence-electron chi connectivity index (χ4n) is 0.989. The Labute approximate surface area is 90.5 Å². The van der Waals surface area contributed by atoms with E-state index in [1.165, 1.54) is 0 Å². The number of nitrogens with zero attached hydrogens (tertiary/aromatic N) is 1. The van der Waals surface area contributed by atoms with Gasteiger partial charge in [-0.3, -0.25) is 0 Å². The van der Waals surface area contributed by atoms with Crippen molar-refractivity contribution >= 4 is 15.7 Å². The molecule has 0 heterocycles. The van der Waals surface area contributed by atoms with E-state index in [0.717, 1.165) is 30.5 Å². The van der Waals surface area contributed by atoms with Gasteiger partial charge in [0.1, 0.15) is 0 Å². The van der Waals surface area contributed by atoms with Gasteiger partial charge in [0.25, 0.3) is 0 Å². The van der Waals surface area contributed by atoms with Crippen LogP contribution in [0.15, 0.2) is 24.3 Å². The Balaban J connectivity index is 3.05. The van der Waals surface area contributed by atoms with E-state index >= 15 is 0 Å². The lowest BCUT2D eigenvalue weighted by atomic mass is 10.2. The zero-order chi connectivity index (χ0) is 12.6. The summed E-state index contributed by atoms with van der Waals surface area (Å²) in [4.78, 5) is 0. The molecule has 0 fully saturated rings. The third kappa shape index (κ3) is 2.86. The molecular weight excluding hydrogens is 245 g/mol. The molecule has 0 aliphatic heterocycles. The highest BCUT2D eigenvalue weighted by molar-refractivity contribution is 7.92. The van der Waals surface area contributed by atoms with Crippen LogP contribution in [0.25, 0.3) is 0 Å². The summed E-state index contributed by atoms with van der Waals surface area (Å²) in [5.41, 5.74) is -0.895. The molecule has 0 saturated carbocycles. The van der Waals surface area contributed by atoms with Crippen LogP contribution in [0.2, 0.25) is 0 Å². The molecule has 0 aliphatic carbocycles. The Kier molecular flexibility index (Phi) is 3.15. The standard InChI is InChI=1S/C8H9F3N2O2S/c1-16(14,15)13(12)7-4-2-6(3-5-7)8(9,10)11/h2-5H,12H2,1H3. The summed E-state index contributed by atoms with van der Waals surface area (Å²) >= 11 is 0. The summed E-state index contributed by atoms with van der Waals surface area (Å²) in [5, 5.41) is 0. The van der Waals surface area contributed by atoms with Crippen LogP contribution < -0.4 is 10.3 Å². The predicted molar refractivity (Wildman–Crippen MR) is 53.0 cm³/mol. The number of rotatable bonds is 2. The highest BCUT2D eigenvalue weighted by Crippen LogP contribution is 2.30. The minimum atomic E-state index is -4.46. The van der Waals surface area contributed by atoms with Crippen molar-refractivity contribution in [1.82, 2.24) is 0 Å². The minimum absolute atomic E-state index is 0.0319. The average Bonchev–Trinajstić information content (AvgIpc) is 2.14. The SMILES string of the molecule is CS(=O)(=O)N(N)c1ccc(C(F)(F)F)cc1. The molecule has 0 aliphatic rings. The van der Waals surface area contributed by atoms with Crippen LogP contribution in [0.3, 0.4) is 0 Å². The molecule has 16 heavy (non-hydrogen) atoms. The summed E-state index contributed by atoms with van der Waals surface area (Å²) in [5.74, 6) is 5.20. The largest absolute Gasteiger partial charge is 0.416 e. The number of nitrogens with two attached hydrogens (primary N) is 1. The van der Waals surface area contributed by atoms with Crippen molar-refractivity contribution in [2.24, 2.45) is 5.84 Å². The van der Waals surface area contributed by atoms with Gasteiger partial charge < -0.3 is 0 Å². The molecule has 0 bridgehead atoms. The lowest BCUT2D eigenvalue weighted by Crippen LogP contribution is -2.36. The van der Waals surface area contributed by atoms with Crippen molar-refractivity contribution in [1.29, 1.82) is 0 Å². The van der Waals surface area contributed by atoms with E-state index in [-0.39, 0.29) is 5.69 Å². The van der Waals surface area contributed by atoms with Crippen molar-refractivity contribution in [2.45, 2.75) is 6.18 Å².